The van der Waals surface area contributed by atoms with Gasteiger partial charge in [0.05, 0.1) is 19.8 Å². The van der Waals surface area contributed by atoms with E-state index in [1.54, 1.807) is 25.4 Å². The SMILES string of the molecule is CC.CCCOc1c(OCCCC/C(N)=C/NC)cc(C(=O)NC)cc1OCCCCc1cn(C)[nH]1. The van der Waals surface area contributed by atoms with Gasteiger partial charge in [-0.15, -0.1) is 0 Å². The van der Waals surface area contributed by atoms with E-state index >= 15 is 0 Å². The highest BCUT2D eigenvalue weighted by atomic mass is 16.5. The van der Waals surface area contributed by atoms with Gasteiger partial charge in [-0.05, 0) is 57.1 Å². The van der Waals surface area contributed by atoms with Crippen molar-refractivity contribution in [3.05, 3.63) is 41.5 Å². The van der Waals surface area contributed by atoms with E-state index in [0.717, 1.165) is 50.6 Å². The summed E-state index contributed by atoms with van der Waals surface area (Å²) in [7, 11) is 5.41. The zero-order valence-electron chi connectivity index (χ0n) is 23.0. The molecule has 0 fully saturated rings. The number of aryl methyl sites for hydroxylation is 2. The maximum atomic E-state index is 12.4. The molecular formula is C27H47N5O4. The Labute approximate surface area is 216 Å². The normalized spacial score (nSPS) is 10.9. The molecule has 1 aromatic carbocycles. The minimum Gasteiger partial charge on any atom is -0.490 e. The number of hydrogen-bond donors (Lipinski definition) is 4. The van der Waals surface area contributed by atoms with Crippen LogP contribution in [0.1, 0.15) is 75.3 Å². The highest BCUT2D eigenvalue weighted by Crippen LogP contribution is 2.39. The number of rotatable bonds is 17. The molecule has 0 radical (unpaired) electrons. The number of nitrogens with zero attached hydrogens (tertiary/aromatic N) is 1. The van der Waals surface area contributed by atoms with Gasteiger partial charge in [0.15, 0.2) is 11.5 Å². The van der Waals surface area contributed by atoms with Crippen molar-refractivity contribution in [2.75, 3.05) is 33.9 Å². The number of unbranched alkanes of at least 4 members (excludes halogenated alkanes) is 2. The third-order valence-electron chi connectivity index (χ3n) is 5.18. The maximum absolute atomic E-state index is 12.4. The lowest BCUT2D eigenvalue weighted by molar-refractivity contribution is 0.0962. The minimum absolute atomic E-state index is 0.200. The molecule has 9 nitrogen and oxygen atoms in total. The first-order chi connectivity index (χ1) is 17.5. The number of nitrogens with one attached hydrogen (secondary N) is 3. The number of aromatic amines is 1. The smallest absolute Gasteiger partial charge is 0.251 e. The average Bonchev–Trinajstić information content (AvgIpc) is 2.87. The van der Waals surface area contributed by atoms with Crippen molar-refractivity contribution in [2.24, 2.45) is 12.8 Å². The van der Waals surface area contributed by atoms with Gasteiger partial charge in [-0.1, -0.05) is 20.8 Å². The molecule has 0 saturated carbocycles. The van der Waals surface area contributed by atoms with Crippen LogP contribution in [0.2, 0.25) is 0 Å². The summed E-state index contributed by atoms with van der Waals surface area (Å²) in [6, 6.07) is 3.45. The molecule has 2 rings (SSSR count). The number of carbonyl (C=O) groups excluding carboxylic acids is 1. The molecule has 0 spiro atoms. The number of amides is 1. The summed E-state index contributed by atoms with van der Waals surface area (Å²) in [4.78, 5) is 12.4. The zero-order chi connectivity index (χ0) is 26.8. The van der Waals surface area contributed by atoms with Crippen LogP contribution in [0.5, 0.6) is 17.2 Å². The Morgan fingerprint density at radius 2 is 1.64 bits per heavy atom. The molecule has 204 valence electrons. The number of benzene rings is 1. The molecule has 0 aliphatic carbocycles. The largest absolute Gasteiger partial charge is 0.490 e. The van der Waals surface area contributed by atoms with E-state index in [4.69, 9.17) is 19.9 Å². The van der Waals surface area contributed by atoms with Crippen LogP contribution in [0.15, 0.2) is 30.2 Å². The third kappa shape index (κ3) is 11.0. The summed E-state index contributed by atoms with van der Waals surface area (Å²) in [6.45, 7) is 7.59. The Morgan fingerprint density at radius 3 is 2.17 bits per heavy atom. The van der Waals surface area contributed by atoms with Gasteiger partial charge < -0.3 is 35.7 Å². The van der Waals surface area contributed by atoms with Crippen molar-refractivity contribution >= 4 is 5.91 Å². The number of aromatic nitrogens is 2. The fraction of sp³-hybridized carbons (Fsp3) is 0.593. The summed E-state index contributed by atoms with van der Waals surface area (Å²) in [5, 5.41) is 8.82. The van der Waals surface area contributed by atoms with Crippen LogP contribution >= 0.6 is 0 Å². The highest BCUT2D eigenvalue weighted by molar-refractivity contribution is 5.95. The highest BCUT2D eigenvalue weighted by Gasteiger charge is 2.18. The van der Waals surface area contributed by atoms with Gasteiger partial charge >= 0.3 is 0 Å². The maximum Gasteiger partial charge on any atom is 0.251 e. The first-order valence-electron chi connectivity index (χ1n) is 13.1. The lowest BCUT2D eigenvalue weighted by Gasteiger charge is -2.18. The first kappa shape index (κ1) is 30.8. The Bertz CT molecular complexity index is 892. The van der Waals surface area contributed by atoms with Crippen molar-refractivity contribution in [3.63, 3.8) is 0 Å². The third-order valence-corrected chi connectivity index (χ3v) is 5.18. The minimum atomic E-state index is -0.200. The van der Waals surface area contributed by atoms with Crippen molar-refractivity contribution < 1.29 is 19.0 Å². The number of carbonyl (C=O) groups is 1. The van der Waals surface area contributed by atoms with E-state index < -0.39 is 0 Å². The fourth-order valence-corrected chi connectivity index (χ4v) is 3.46. The molecule has 1 aromatic heterocycles. The summed E-state index contributed by atoms with van der Waals surface area (Å²) in [6.07, 6.45) is 10.1. The summed E-state index contributed by atoms with van der Waals surface area (Å²) in [5.74, 6) is 1.41. The first-order valence-corrected chi connectivity index (χ1v) is 13.1. The Kier molecular flexibility index (Phi) is 15.5. The predicted molar refractivity (Wildman–Crippen MR) is 146 cm³/mol. The molecule has 0 saturated heterocycles. The van der Waals surface area contributed by atoms with E-state index in [0.29, 0.717) is 42.6 Å². The second kappa shape index (κ2) is 18.1. The Balaban J connectivity index is 0.00000316. The van der Waals surface area contributed by atoms with E-state index in [2.05, 4.69) is 21.9 Å². The van der Waals surface area contributed by atoms with Crippen LogP contribution in [0, 0.1) is 0 Å². The summed E-state index contributed by atoms with van der Waals surface area (Å²) in [5.41, 5.74) is 8.43. The van der Waals surface area contributed by atoms with Crippen molar-refractivity contribution in [1.29, 1.82) is 0 Å². The topological polar surface area (TPSA) is 116 Å². The van der Waals surface area contributed by atoms with Crippen molar-refractivity contribution in [2.45, 2.75) is 65.7 Å². The molecule has 0 atom stereocenters. The lowest BCUT2D eigenvalue weighted by atomic mass is 10.1. The van der Waals surface area contributed by atoms with Gasteiger partial charge in [0.25, 0.3) is 5.91 Å². The van der Waals surface area contributed by atoms with E-state index in [9.17, 15) is 4.79 Å². The molecule has 0 aliphatic rings. The molecule has 0 unspecified atom stereocenters. The van der Waals surface area contributed by atoms with Gasteiger partial charge in [0.1, 0.15) is 0 Å². The van der Waals surface area contributed by atoms with Gasteiger partial charge in [-0.2, -0.15) is 0 Å². The molecular weight excluding hydrogens is 458 g/mol. The van der Waals surface area contributed by atoms with Crippen molar-refractivity contribution in [3.8, 4) is 17.2 Å². The second-order valence-corrected chi connectivity index (χ2v) is 8.23. The average molecular weight is 506 g/mol. The van der Waals surface area contributed by atoms with Crippen LogP contribution in [0.4, 0.5) is 0 Å². The van der Waals surface area contributed by atoms with Gasteiger partial charge in [0, 0.05) is 50.5 Å². The number of hydrogen-bond acceptors (Lipinski definition) is 6. The van der Waals surface area contributed by atoms with Gasteiger partial charge in [-0.25, -0.2) is 0 Å². The molecule has 1 heterocycles. The fourth-order valence-electron chi connectivity index (χ4n) is 3.46. The number of H-pyrrole nitrogens is 1. The summed E-state index contributed by atoms with van der Waals surface area (Å²) < 4.78 is 20.1. The van der Waals surface area contributed by atoms with Crippen molar-refractivity contribution in [1.82, 2.24) is 20.4 Å². The number of nitrogens with two attached hydrogens (primary N) is 1. The monoisotopic (exact) mass is 505 g/mol. The molecule has 2 aromatic rings. The predicted octanol–water partition coefficient (Wildman–Crippen LogP) is 4.50. The number of allylic oxidation sites excluding steroid dienone is 1. The zero-order valence-corrected chi connectivity index (χ0v) is 23.0. The molecule has 1 amide bonds. The van der Waals surface area contributed by atoms with E-state index in [1.165, 1.54) is 5.69 Å². The number of ether oxygens (including phenoxy) is 3. The van der Waals surface area contributed by atoms with Gasteiger partial charge in [-0.3, -0.25) is 9.48 Å². The van der Waals surface area contributed by atoms with Crippen LogP contribution in [0.25, 0.3) is 0 Å². The van der Waals surface area contributed by atoms with Crippen LogP contribution in [-0.2, 0) is 13.5 Å². The van der Waals surface area contributed by atoms with Crippen LogP contribution in [0.3, 0.4) is 0 Å². The van der Waals surface area contributed by atoms with Crippen LogP contribution < -0.4 is 30.6 Å². The van der Waals surface area contributed by atoms with E-state index in [-0.39, 0.29) is 5.91 Å². The quantitative estimate of drug-likeness (QED) is 0.235. The Hall–Kier alpha value is -3.23. The molecule has 0 aliphatic heterocycles. The van der Waals surface area contributed by atoms with Crippen LogP contribution in [-0.4, -0.2) is 49.6 Å². The molecule has 9 heteroatoms. The van der Waals surface area contributed by atoms with E-state index in [1.807, 2.05) is 39.5 Å². The molecule has 0 bridgehead atoms. The van der Waals surface area contributed by atoms with Gasteiger partial charge in [0.2, 0.25) is 5.75 Å². The standard InChI is InChI=1S/C25H41N5O4.C2H6/c1-5-12-34-24-22(32-13-8-6-10-20(26)17-27-2)15-19(25(31)28-3)16-23(24)33-14-9-7-11-21-18-30(4)29-21;1-2/h15-18,27,29H,5-14,26H2,1-4H3,(H,28,31);1-2H3/b20-17-;. The molecule has 5 N–H and O–H groups in total. The summed E-state index contributed by atoms with van der Waals surface area (Å²) >= 11 is 0. The molecule has 36 heavy (non-hydrogen) atoms. The Morgan fingerprint density at radius 1 is 1.03 bits per heavy atom. The lowest BCUT2D eigenvalue weighted by Crippen LogP contribution is -2.18. The second-order valence-electron chi connectivity index (χ2n) is 8.23.